The summed E-state index contributed by atoms with van der Waals surface area (Å²) in [5.41, 5.74) is 6.88. The molecule has 17 heavy (non-hydrogen) atoms. The Morgan fingerprint density at radius 3 is 2.88 bits per heavy atom. The Kier molecular flexibility index (Phi) is 2.69. The van der Waals surface area contributed by atoms with E-state index in [-0.39, 0.29) is 6.10 Å². The normalized spacial score (nSPS) is 24.1. The van der Waals surface area contributed by atoms with Crippen LogP contribution in [0.3, 0.4) is 0 Å². The lowest BCUT2D eigenvalue weighted by Crippen LogP contribution is -2.19. The highest BCUT2D eigenvalue weighted by Crippen LogP contribution is 2.28. The van der Waals surface area contributed by atoms with Crippen LogP contribution in [0.2, 0.25) is 0 Å². The van der Waals surface area contributed by atoms with Crippen LogP contribution in [0, 0.1) is 0 Å². The largest absolute Gasteiger partial charge is 0.490 e. The minimum Gasteiger partial charge on any atom is -0.490 e. The molecule has 1 saturated carbocycles. The monoisotopic (exact) mass is 228 g/mol. The van der Waals surface area contributed by atoms with Gasteiger partial charge in [0, 0.05) is 17.6 Å². The van der Waals surface area contributed by atoms with E-state index in [9.17, 15) is 0 Å². The zero-order chi connectivity index (χ0) is 11.7. The van der Waals surface area contributed by atoms with E-state index in [0.717, 1.165) is 35.9 Å². The molecule has 0 amide bonds. The molecule has 1 fully saturated rings. The first-order chi connectivity index (χ1) is 8.33. The number of fused-ring (bicyclic) bond motifs is 1. The van der Waals surface area contributed by atoms with Crippen molar-refractivity contribution in [3.63, 3.8) is 0 Å². The molecular weight excluding hydrogens is 212 g/mol. The van der Waals surface area contributed by atoms with Crippen molar-refractivity contribution in [2.45, 2.75) is 31.4 Å². The molecule has 2 aromatic rings. The van der Waals surface area contributed by atoms with Gasteiger partial charge in [0.15, 0.2) is 0 Å². The zero-order valence-corrected chi connectivity index (χ0v) is 9.67. The Labute approximate surface area is 101 Å². The molecule has 88 valence electrons. The van der Waals surface area contributed by atoms with Gasteiger partial charge < -0.3 is 10.5 Å². The number of pyridine rings is 1. The SMILES string of the molecule is NC1CCC(Oc2ccnc3ccccc23)C1. The van der Waals surface area contributed by atoms with Crippen LogP contribution in [0.25, 0.3) is 10.9 Å². The summed E-state index contributed by atoms with van der Waals surface area (Å²) in [6.45, 7) is 0. The fourth-order valence-corrected chi connectivity index (χ4v) is 2.43. The van der Waals surface area contributed by atoms with Crippen LogP contribution in [-0.4, -0.2) is 17.1 Å². The third kappa shape index (κ3) is 2.11. The summed E-state index contributed by atoms with van der Waals surface area (Å²) in [6.07, 6.45) is 5.13. The highest BCUT2D eigenvalue weighted by Gasteiger charge is 2.23. The van der Waals surface area contributed by atoms with Gasteiger partial charge in [-0.2, -0.15) is 0 Å². The lowest BCUT2D eigenvalue weighted by molar-refractivity contribution is 0.211. The fraction of sp³-hybridized carbons (Fsp3) is 0.357. The van der Waals surface area contributed by atoms with Gasteiger partial charge in [0.1, 0.15) is 11.9 Å². The quantitative estimate of drug-likeness (QED) is 0.859. The maximum Gasteiger partial charge on any atom is 0.130 e. The summed E-state index contributed by atoms with van der Waals surface area (Å²) in [6, 6.07) is 10.3. The number of benzene rings is 1. The number of para-hydroxylation sites is 1. The van der Waals surface area contributed by atoms with Gasteiger partial charge in [-0.1, -0.05) is 12.1 Å². The second-order valence-corrected chi connectivity index (χ2v) is 4.64. The second kappa shape index (κ2) is 4.34. The maximum absolute atomic E-state index is 6.04. The summed E-state index contributed by atoms with van der Waals surface area (Å²) in [4.78, 5) is 4.33. The predicted octanol–water partition coefficient (Wildman–Crippen LogP) is 2.49. The van der Waals surface area contributed by atoms with Gasteiger partial charge >= 0.3 is 0 Å². The number of nitrogens with zero attached hydrogens (tertiary/aromatic N) is 1. The molecule has 3 heteroatoms. The lowest BCUT2D eigenvalue weighted by atomic mass is 10.2. The van der Waals surface area contributed by atoms with E-state index in [0.29, 0.717) is 6.04 Å². The molecule has 0 bridgehead atoms. The first kappa shape index (κ1) is 10.5. The number of hydrogen-bond acceptors (Lipinski definition) is 3. The molecule has 2 atom stereocenters. The minimum atomic E-state index is 0.260. The minimum absolute atomic E-state index is 0.260. The maximum atomic E-state index is 6.04. The van der Waals surface area contributed by atoms with Crippen molar-refractivity contribution in [2.75, 3.05) is 0 Å². The first-order valence-electron chi connectivity index (χ1n) is 6.09. The summed E-state index contributed by atoms with van der Waals surface area (Å²) in [5, 5.41) is 1.08. The molecule has 1 aliphatic carbocycles. The van der Waals surface area contributed by atoms with E-state index in [1.54, 1.807) is 6.20 Å². The number of aromatic nitrogens is 1. The Balaban J connectivity index is 1.90. The van der Waals surface area contributed by atoms with E-state index < -0.39 is 0 Å². The Bertz CT molecular complexity index is 521. The van der Waals surface area contributed by atoms with Crippen molar-refractivity contribution in [3.8, 4) is 5.75 Å². The molecule has 1 aromatic carbocycles. The Hall–Kier alpha value is -1.61. The van der Waals surface area contributed by atoms with Crippen LogP contribution in [0.15, 0.2) is 36.5 Å². The summed E-state index contributed by atoms with van der Waals surface area (Å²) in [7, 11) is 0. The van der Waals surface area contributed by atoms with E-state index in [4.69, 9.17) is 10.5 Å². The van der Waals surface area contributed by atoms with Gasteiger partial charge in [-0.3, -0.25) is 4.98 Å². The van der Waals surface area contributed by atoms with Crippen molar-refractivity contribution in [1.82, 2.24) is 4.98 Å². The van der Waals surface area contributed by atoms with E-state index >= 15 is 0 Å². The highest BCUT2D eigenvalue weighted by atomic mass is 16.5. The van der Waals surface area contributed by atoms with E-state index in [1.807, 2.05) is 30.3 Å². The van der Waals surface area contributed by atoms with E-state index in [1.165, 1.54) is 0 Å². The van der Waals surface area contributed by atoms with Crippen molar-refractivity contribution in [1.29, 1.82) is 0 Å². The Morgan fingerprint density at radius 2 is 2.06 bits per heavy atom. The van der Waals surface area contributed by atoms with Gasteiger partial charge in [0.2, 0.25) is 0 Å². The fourth-order valence-electron chi connectivity index (χ4n) is 2.43. The van der Waals surface area contributed by atoms with Gasteiger partial charge in [-0.05, 0) is 37.5 Å². The first-order valence-corrected chi connectivity index (χ1v) is 6.09. The van der Waals surface area contributed by atoms with Crippen LogP contribution < -0.4 is 10.5 Å². The van der Waals surface area contributed by atoms with Crippen molar-refractivity contribution >= 4 is 10.9 Å². The molecule has 1 aromatic heterocycles. The number of hydrogen-bond donors (Lipinski definition) is 1. The topological polar surface area (TPSA) is 48.1 Å². The van der Waals surface area contributed by atoms with Crippen molar-refractivity contribution in [3.05, 3.63) is 36.5 Å². The molecule has 0 radical (unpaired) electrons. The van der Waals surface area contributed by atoms with Gasteiger partial charge in [-0.25, -0.2) is 0 Å². The smallest absolute Gasteiger partial charge is 0.130 e. The average Bonchev–Trinajstić information content (AvgIpc) is 2.75. The van der Waals surface area contributed by atoms with Crippen LogP contribution in [0.5, 0.6) is 5.75 Å². The van der Waals surface area contributed by atoms with Gasteiger partial charge in [0.25, 0.3) is 0 Å². The molecule has 3 nitrogen and oxygen atoms in total. The molecule has 2 unspecified atom stereocenters. The molecular formula is C14H16N2O. The number of ether oxygens (including phenoxy) is 1. The third-order valence-corrected chi connectivity index (χ3v) is 3.33. The lowest BCUT2D eigenvalue weighted by Gasteiger charge is -2.14. The molecule has 0 aliphatic heterocycles. The molecule has 2 N–H and O–H groups in total. The summed E-state index contributed by atoms with van der Waals surface area (Å²) < 4.78 is 6.04. The number of rotatable bonds is 2. The van der Waals surface area contributed by atoms with Gasteiger partial charge in [0.05, 0.1) is 5.52 Å². The van der Waals surface area contributed by atoms with Crippen molar-refractivity contribution < 1.29 is 4.74 Å². The molecule has 3 rings (SSSR count). The molecule has 1 heterocycles. The predicted molar refractivity (Wildman–Crippen MR) is 68.0 cm³/mol. The van der Waals surface area contributed by atoms with Crippen LogP contribution in [0.1, 0.15) is 19.3 Å². The van der Waals surface area contributed by atoms with Crippen LogP contribution in [-0.2, 0) is 0 Å². The van der Waals surface area contributed by atoms with Crippen LogP contribution in [0.4, 0.5) is 0 Å². The summed E-state index contributed by atoms with van der Waals surface area (Å²) >= 11 is 0. The van der Waals surface area contributed by atoms with Crippen molar-refractivity contribution in [2.24, 2.45) is 5.73 Å². The third-order valence-electron chi connectivity index (χ3n) is 3.33. The summed E-state index contributed by atoms with van der Waals surface area (Å²) in [5.74, 6) is 0.926. The highest BCUT2D eigenvalue weighted by molar-refractivity contribution is 5.84. The molecule has 1 aliphatic rings. The molecule has 0 saturated heterocycles. The van der Waals surface area contributed by atoms with Gasteiger partial charge in [-0.15, -0.1) is 0 Å². The zero-order valence-electron chi connectivity index (χ0n) is 9.67. The second-order valence-electron chi connectivity index (χ2n) is 4.64. The Morgan fingerprint density at radius 1 is 1.18 bits per heavy atom. The van der Waals surface area contributed by atoms with E-state index in [2.05, 4.69) is 4.98 Å². The number of nitrogens with two attached hydrogens (primary N) is 1. The molecule has 0 spiro atoms. The standard InChI is InChI=1S/C14H16N2O/c15-10-5-6-11(9-10)17-14-7-8-16-13-4-2-1-3-12(13)14/h1-4,7-8,10-11H,5-6,9,15H2. The average molecular weight is 228 g/mol. The van der Waals surface area contributed by atoms with Crippen LogP contribution >= 0.6 is 0 Å².